The first kappa shape index (κ1) is 36.7. The Balaban J connectivity index is 1.00. The van der Waals surface area contributed by atoms with Gasteiger partial charge in [0.25, 0.3) is 0 Å². The molecule has 0 spiro atoms. The lowest BCUT2D eigenvalue weighted by molar-refractivity contribution is 1.17. The topological polar surface area (TPSA) is 35.6 Å². The maximum atomic E-state index is 5.54. The largest absolute Gasteiger partial charge is 0.309 e. The maximum absolute atomic E-state index is 5.54. The minimum absolute atomic E-state index is 0.735. The molecule has 4 nitrogen and oxygen atoms in total. The van der Waals surface area contributed by atoms with E-state index < -0.39 is 0 Å². The molecule has 0 fully saturated rings. The van der Waals surface area contributed by atoms with E-state index in [1.165, 1.54) is 79.8 Å². The number of hydrogen-bond donors (Lipinski definition) is 0. The van der Waals surface area contributed by atoms with E-state index in [-0.39, 0.29) is 0 Å². The molecule has 0 aliphatic rings. The van der Waals surface area contributed by atoms with Gasteiger partial charge in [0.15, 0.2) is 5.82 Å². The van der Waals surface area contributed by atoms with E-state index >= 15 is 0 Å². The molecular formula is C62H36N4S. The zero-order valence-corrected chi connectivity index (χ0v) is 36.8. The first-order valence-electron chi connectivity index (χ1n) is 22.8. The summed E-state index contributed by atoms with van der Waals surface area (Å²) in [7, 11) is 0. The number of nitrogens with zero attached hydrogens (tertiary/aromatic N) is 4. The molecular weight excluding hydrogens is 833 g/mol. The van der Waals surface area contributed by atoms with Gasteiger partial charge in [0.05, 0.1) is 39.0 Å². The van der Waals surface area contributed by atoms with E-state index in [4.69, 9.17) is 9.97 Å². The van der Waals surface area contributed by atoms with Crippen LogP contribution in [0.25, 0.3) is 141 Å². The highest BCUT2D eigenvalue weighted by molar-refractivity contribution is 7.26. The number of aromatic nitrogens is 4. The predicted octanol–water partition coefficient (Wildman–Crippen LogP) is 17.0. The molecule has 310 valence electrons. The number of hydrogen-bond acceptors (Lipinski definition) is 3. The average Bonchev–Trinajstić information content (AvgIpc) is 4.05. The van der Waals surface area contributed by atoms with Crippen LogP contribution in [0.3, 0.4) is 0 Å². The lowest BCUT2D eigenvalue weighted by Gasteiger charge is -2.16. The lowest BCUT2D eigenvalue weighted by atomic mass is 9.97. The summed E-state index contributed by atoms with van der Waals surface area (Å²) in [5.41, 5.74) is 11.0. The van der Waals surface area contributed by atoms with Gasteiger partial charge in [-0.2, -0.15) is 0 Å². The van der Waals surface area contributed by atoms with E-state index in [2.05, 4.69) is 228 Å². The second-order valence-electron chi connectivity index (χ2n) is 17.7. The Bertz CT molecular complexity index is 4590. The van der Waals surface area contributed by atoms with Crippen LogP contribution >= 0.6 is 11.3 Å². The van der Waals surface area contributed by atoms with Crippen LogP contribution in [0.4, 0.5) is 0 Å². The number of fused-ring (bicyclic) bond motifs is 14. The molecule has 0 aliphatic heterocycles. The van der Waals surface area contributed by atoms with Gasteiger partial charge < -0.3 is 9.13 Å². The molecule has 15 rings (SSSR count). The number of para-hydroxylation sites is 2. The highest BCUT2D eigenvalue weighted by Gasteiger charge is 2.22. The van der Waals surface area contributed by atoms with Gasteiger partial charge in [0, 0.05) is 74.7 Å². The molecule has 0 radical (unpaired) electrons. The smallest absolute Gasteiger partial charge is 0.161 e. The highest BCUT2D eigenvalue weighted by Crippen LogP contribution is 2.44. The molecule has 4 aromatic heterocycles. The molecule has 0 saturated heterocycles. The normalized spacial score (nSPS) is 12.2. The number of thiophene rings is 1. The zero-order chi connectivity index (χ0) is 43.7. The van der Waals surface area contributed by atoms with Crippen molar-refractivity contribution in [1.82, 2.24) is 19.1 Å². The van der Waals surface area contributed by atoms with Gasteiger partial charge in [-0.15, -0.1) is 11.3 Å². The van der Waals surface area contributed by atoms with E-state index in [1.54, 1.807) is 0 Å². The Morgan fingerprint density at radius 1 is 0.343 bits per heavy atom. The third-order valence-electron chi connectivity index (χ3n) is 14.1. The van der Waals surface area contributed by atoms with Crippen molar-refractivity contribution in [3.63, 3.8) is 0 Å². The first-order valence-corrected chi connectivity index (χ1v) is 23.6. The third kappa shape index (κ3) is 5.29. The van der Waals surface area contributed by atoms with Crippen molar-refractivity contribution >= 4 is 118 Å². The van der Waals surface area contributed by atoms with Gasteiger partial charge in [-0.1, -0.05) is 164 Å². The highest BCUT2D eigenvalue weighted by atomic mass is 32.1. The molecule has 4 heterocycles. The fraction of sp³-hybridized carbons (Fsp3) is 0. The number of benzene rings is 11. The fourth-order valence-corrected chi connectivity index (χ4v) is 12.3. The van der Waals surface area contributed by atoms with Crippen molar-refractivity contribution in [3.05, 3.63) is 218 Å². The lowest BCUT2D eigenvalue weighted by Crippen LogP contribution is -1.99. The van der Waals surface area contributed by atoms with E-state index in [0.717, 1.165) is 61.2 Å². The average molecular weight is 869 g/mol. The predicted molar refractivity (Wildman–Crippen MR) is 284 cm³/mol. The van der Waals surface area contributed by atoms with Crippen molar-refractivity contribution in [2.45, 2.75) is 0 Å². The van der Waals surface area contributed by atoms with Crippen LogP contribution in [0.15, 0.2) is 218 Å². The Hall–Kier alpha value is -8.64. The first-order chi connectivity index (χ1) is 33.2. The fourth-order valence-electron chi connectivity index (χ4n) is 11.1. The van der Waals surface area contributed by atoms with Crippen molar-refractivity contribution in [2.75, 3.05) is 0 Å². The Morgan fingerprint density at radius 3 is 1.88 bits per heavy atom. The van der Waals surface area contributed by atoms with Crippen LogP contribution in [-0.4, -0.2) is 19.1 Å². The van der Waals surface area contributed by atoms with Gasteiger partial charge in [-0.3, -0.25) is 0 Å². The quantitative estimate of drug-likeness (QED) is 0.177. The molecule has 0 aliphatic carbocycles. The minimum Gasteiger partial charge on any atom is -0.309 e. The molecule has 0 atom stereocenters. The molecule has 0 bridgehead atoms. The van der Waals surface area contributed by atoms with Crippen molar-refractivity contribution < 1.29 is 0 Å². The summed E-state index contributed by atoms with van der Waals surface area (Å²) < 4.78 is 7.45. The second-order valence-corrected chi connectivity index (χ2v) is 18.7. The van der Waals surface area contributed by atoms with Crippen LogP contribution in [0.2, 0.25) is 0 Å². The molecule has 15 aromatic rings. The van der Waals surface area contributed by atoms with Gasteiger partial charge in [0.1, 0.15) is 0 Å². The Kier molecular flexibility index (Phi) is 7.63. The van der Waals surface area contributed by atoms with Crippen molar-refractivity contribution in [2.24, 2.45) is 0 Å². The minimum atomic E-state index is 0.735. The van der Waals surface area contributed by atoms with Gasteiger partial charge in [-0.05, 0) is 76.1 Å². The van der Waals surface area contributed by atoms with Gasteiger partial charge >= 0.3 is 0 Å². The third-order valence-corrected chi connectivity index (χ3v) is 15.3. The van der Waals surface area contributed by atoms with Crippen LogP contribution < -0.4 is 0 Å². The summed E-state index contributed by atoms with van der Waals surface area (Å²) in [6.45, 7) is 0. The van der Waals surface area contributed by atoms with E-state index in [0.29, 0.717) is 0 Å². The molecule has 67 heavy (non-hydrogen) atoms. The standard InChI is InChI=1S/C62H36N4S/c1-2-16-39-35-56-52(34-38(39)15-1)45-33-31-40(65-54-27-9-6-18-44(54)48-32-30-37-14-3-4-17-41(37)60(48)65)36-57(45)66(56)55-28-13-21-42-43(55)22-11-23-47(42)59-50-20-5-8-26-53(50)63-62(64-59)51-25-12-24-49-46-19-7-10-29-58(46)67-61(49)51/h1-36H. The maximum Gasteiger partial charge on any atom is 0.161 e. The molecule has 0 N–H and O–H groups in total. The number of rotatable bonds is 4. The molecule has 0 saturated carbocycles. The SMILES string of the molecule is c1ccc2cc3c(cc2c1)c1ccc(-n2c4ccccc4c4ccc5ccccc5c42)cc1n3-c1cccc2c(-c3nc(-c4cccc5c4sc4ccccc45)nc4ccccc34)cccc12. The summed E-state index contributed by atoms with van der Waals surface area (Å²) in [6, 6.07) is 79.8. The van der Waals surface area contributed by atoms with Crippen molar-refractivity contribution in [1.29, 1.82) is 0 Å². The summed E-state index contributed by atoms with van der Waals surface area (Å²) >= 11 is 1.81. The Labute approximate surface area is 387 Å². The molecule has 0 unspecified atom stereocenters. The summed E-state index contributed by atoms with van der Waals surface area (Å²) in [5, 5.41) is 15.7. The Morgan fingerprint density at radius 2 is 0.985 bits per heavy atom. The van der Waals surface area contributed by atoms with E-state index in [9.17, 15) is 0 Å². The summed E-state index contributed by atoms with van der Waals surface area (Å²) in [5.74, 6) is 0.735. The molecule has 0 amide bonds. The van der Waals surface area contributed by atoms with Crippen LogP contribution in [0.5, 0.6) is 0 Å². The van der Waals surface area contributed by atoms with Gasteiger partial charge in [-0.25, -0.2) is 9.97 Å². The van der Waals surface area contributed by atoms with Crippen LogP contribution in [-0.2, 0) is 0 Å². The van der Waals surface area contributed by atoms with Gasteiger partial charge in [0.2, 0.25) is 0 Å². The molecule has 5 heteroatoms. The second kappa shape index (κ2) is 13.9. The van der Waals surface area contributed by atoms with E-state index in [1.807, 2.05) is 11.3 Å². The van der Waals surface area contributed by atoms with Crippen LogP contribution in [0, 0.1) is 0 Å². The van der Waals surface area contributed by atoms with Crippen molar-refractivity contribution in [3.8, 4) is 34.0 Å². The summed E-state index contributed by atoms with van der Waals surface area (Å²) in [4.78, 5) is 10.8. The monoisotopic (exact) mass is 868 g/mol. The van der Waals surface area contributed by atoms with Crippen LogP contribution in [0.1, 0.15) is 0 Å². The zero-order valence-electron chi connectivity index (χ0n) is 36.0. The summed E-state index contributed by atoms with van der Waals surface area (Å²) in [6.07, 6.45) is 0. The molecule has 11 aromatic carbocycles.